The lowest BCUT2D eigenvalue weighted by Gasteiger charge is -2.39. The Labute approximate surface area is 169 Å². The maximum Gasteiger partial charge on any atom is 0.231 e. The van der Waals surface area contributed by atoms with Crippen molar-refractivity contribution in [2.75, 3.05) is 27.1 Å². The highest BCUT2D eigenvalue weighted by Gasteiger charge is 2.30. The first kappa shape index (κ1) is 18.1. The highest BCUT2D eigenvalue weighted by molar-refractivity contribution is 8.13. The van der Waals surface area contributed by atoms with Crippen molar-refractivity contribution < 1.29 is 14.2 Å². The molecule has 0 N–H and O–H groups in total. The Bertz CT molecular complexity index is 911. The first-order chi connectivity index (χ1) is 13.8. The van der Waals surface area contributed by atoms with Crippen LogP contribution in [-0.2, 0) is 11.3 Å². The van der Waals surface area contributed by atoms with Crippen LogP contribution in [0, 0.1) is 0 Å². The molecule has 2 aliphatic heterocycles. The normalized spacial score (nSPS) is 20.8. The van der Waals surface area contributed by atoms with Crippen LogP contribution < -0.4 is 9.47 Å². The van der Waals surface area contributed by atoms with Gasteiger partial charge in [-0.3, -0.25) is 4.99 Å². The minimum Gasteiger partial charge on any atom is -0.454 e. The predicted molar refractivity (Wildman–Crippen MR) is 110 cm³/mol. The number of hydrogen-bond acceptors (Lipinski definition) is 6. The fourth-order valence-corrected chi connectivity index (χ4v) is 5.28. The van der Waals surface area contributed by atoms with Gasteiger partial charge in [0.2, 0.25) is 6.79 Å². The molecule has 0 radical (unpaired) electrons. The number of nitrogens with zero attached hydrogens (tertiary/aromatic N) is 3. The number of benzene rings is 1. The molecule has 3 aliphatic rings. The summed E-state index contributed by atoms with van der Waals surface area (Å²) < 4.78 is 16.3. The molecule has 0 amide bonds. The fraction of sp³-hybridized carbons (Fsp3) is 0.524. The lowest BCUT2D eigenvalue weighted by molar-refractivity contribution is 0.174. The summed E-state index contributed by atoms with van der Waals surface area (Å²) in [5, 5.41) is 3.24. The highest BCUT2D eigenvalue weighted by Crippen LogP contribution is 2.40. The summed E-state index contributed by atoms with van der Waals surface area (Å²) in [6, 6.07) is 6.85. The van der Waals surface area contributed by atoms with Gasteiger partial charge in [0.1, 0.15) is 5.03 Å². The molecule has 6 nitrogen and oxygen atoms in total. The molecule has 5 rings (SSSR count). The van der Waals surface area contributed by atoms with Crippen molar-refractivity contribution in [3.05, 3.63) is 23.8 Å². The average molecular weight is 400 g/mol. The van der Waals surface area contributed by atoms with E-state index in [-0.39, 0.29) is 6.79 Å². The second kappa shape index (κ2) is 7.79. The van der Waals surface area contributed by atoms with E-state index in [1.54, 1.807) is 18.9 Å². The van der Waals surface area contributed by atoms with Gasteiger partial charge in [-0.25, -0.2) is 4.98 Å². The lowest BCUT2D eigenvalue weighted by Crippen LogP contribution is -2.42. The van der Waals surface area contributed by atoms with Gasteiger partial charge in [-0.05, 0) is 36.7 Å². The van der Waals surface area contributed by atoms with E-state index in [4.69, 9.17) is 24.2 Å². The maximum atomic E-state index is 5.54. The van der Waals surface area contributed by atoms with E-state index in [1.807, 2.05) is 12.1 Å². The monoisotopic (exact) mass is 399 g/mol. The Morgan fingerprint density at radius 2 is 2.00 bits per heavy atom. The second-order valence-corrected chi connectivity index (χ2v) is 8.49. The number of pyridine rings is 1. The van der Waals surface area contributed by atoms with Crippen LogP contribution in [0.1, 0.15) is 37.7 Å². The standard InChI is InChI=1S/C21H25N3O3S/c1-25-8-7-22-21-24(16-5-3-2-4-6-16)12-15-9-14-10-18-19(27-13-26-18)11-17(14)23-20(15)28-21/h9-11,16H,2-8,12-13H2,1H3. The largest absolute Gasteiger partial charge is 0.454 e. The van der Waals surface area contributed by atoms with Crippen LogP contribution in [-0.4, -0.2) is 48.1 Å². The van der Waals surface area contributed by atoms with E-state index in [9.17, 15) is 0 Å². The highest BCUT2D eigenvalue weighted by atomic mass is 32.2. The smallest absolute Gasteiger partial charge is 0.231 e. The van der Waals surface area contributed by atoms with Crippen molar-refractivity contribution in [3.63, 3.8) is 0 Å². The number of hydrogen-bond donors (Lipinski definition) is 0. The third kappa shape index (κ3) is 3.42. The molecule has 28 heavy (non-hydrogen) atoms. The Morgan fingerprint density at radius 3 is 2.82 bits per heavy atom. The van der Waals surface area contributed by atoms with Gasteiger partial charge in [-0.15, -0.1) is 0 Å². The van der Waals surface area contributed by atoms with E-state index in [0.717, 1.165) is 39.1 Å². The molecule has 7 heteroatoms. The van der Waals surface area contributed by atoms with E-state index in [1.165, 1.54) is 37.7 Å². The number of methoxy groups -OCH3 is 1. The zero-order valence-corrected chi connectivity index (χ0v) is 17.0. The maximum absolute atomic E-state index is 5.54. The van der Waals surface area contributed by atoms with Gasteiger partial charge in [0.15, 0.2) is 16.7 Å². The molecule has 1 aromatic carbocycles. The van der Waals surface area contributed by atoms with Gasteiger partial charge in [-0.2, -0.15) is 0 Å². The van der Waals surface area contributed by atoms with E-state index in [2.05, 4.69) is 11.0 Å². The van der Waals surface area contributed by atoms with E-state index in [0.29, 0.717) is 19.2 Å². The van der Waals surface area contributed by atoms with Gasteiger partial charge >= 0.3 is 0 Å². The summed E-state index contributed by atoms with van der Waals surface area (Å²) in [5.41, 5.74) is 2.21. The fourth-order valence-electron chi connectivity index (χ4n) is 4.22. The molecule has 0 bridgehead atoms. The van der Waals surface area contributed by atoms with Gasteiger partial charge in [-0.1, -0.05) is 19.3 Å². The predicted octanol–water partition coefficient (Wildman–Crippen LogP) is 4.21. The first-order valence-corrected chi connectivity index (χ1v) is 10.8. The Balaban J connectivity index is 1.51. The molecule has 2 aromatic rings. The van der Waals surface area contributed by atoms with Crippen molar-refractivity contribution in [3.8, 4) is 11.5 Å². The van der Waals surface area contributed by atoms with Crippen LogP contribution in [0.2, 0.25) is 0 Å². The molecule has 148 valence electrons. The molecule has 0 spiro atoms. The van der Waals surface area contributed by atoms with Crippen molar-refractivity contribution >= 4 is 27.8 Å². The van der Waals surface area contributed by atoms with E-state index < -0.39 is 0 Å². The van der Waals surface area contributed by atoms with Crippen molar-refractivity contribution in [2.24, 2.45) is 4.99 Å². The molecule has 3 heterocycles. The summed E-state index contributed by atoms with van der Waals surface area (Å²) in [4.78, 5) is 12.3. The van der Waals surface area contributed by atoms with Gasteiger partial charge < -0.3 is 19.1 Å². The Hall–Kier alpha value is -1.99. The summed E-state index contributed by atoms with van der Waals surface area (Å²) >= 11 is 1.69. The Morgan fingerprint density at radius 1 is 1.18 bits per heavy atom. The number of amidine groups is 1. The topological polar surface area (TPSA) is 56.2 Å². The summed E-state index contributed by atoms with van der Waals surface area (Å²) in [6.07, 6.45) is 6.47. The molecule has 1 aliphatic carbocycles. The molecule has 0 atom stereocenters. The number of aromatic nitrogens is 1. The lowest BCUT2D eigenvalue weighted by atomic mass is 9.94. The molecule has 1 fully saturated rings. The van der Waals surface area contributed by atoms with E-state index >= 15 is 0 Å². The number of ether oxygens (including phenoxy) is 3. The molecule has 1 saturated carbocycles. The molecular weight excluding hydrogens is 374 g/mol. The molecular formula is C21H25N3O3S. The average Bonchev–Trinajstić information content (AvgIpc) is 3.18. The number of fused-ring (bicyclic) bond motifs is 3. The van der Waals surface area contributed by atoms with Crippen LogP contribution in [0.3, 0.4) is 0 Å². The van der Waals surface area contributed by atoms with Crippen LogP contribution >= 0.6 is 11.8 Å². The van der Waals surface area contributed by atoms with Crippen LogP contribution in [0.25, 0.3) is 10.9 Å². The minimum atomic E-state index is 0.284. The van der Waals surface area contributed by atoms with Crippen LogP contribution in [0.4, 0.5) is 0 Å². The zero-order chi connectivity index (χ0) is 18.9. The SMILES string of the molecule is COCCN=C1Sc2nc3cc4c(cc3cc2CN1C1CCCCC1)OCO4. The number of thioether (sulfide) groups is 1. The third-order valence-electron chi connectivity index (χ3n) is 5.68. The number of aliphatic imine (C=N–C) groups is 1. The molecule has 0 saturated heterocycles. The van der Waals surface area contributed by atoms with Crippen molar-refractivity contribution in [1.82, 2.24) is 9.88 Å². The van der Waals surface area contributed by atoms with Gasteiger partial charge in [0.25, 0.3) is 0 Å². The third-order valence-corrected chi connectivity index (χ3v) is 6.77. The molecule has 0 unspecified atom stereocenters. The Kier molecular flexibility index (Phi) is 5.03. The summed E-state index contributed by atoms with van der Waals surface area (Å²) in [6.45, 7) is 2.48. The number of rotatable bonds is 4. The molecule has 1 aromatic heterocycles. The van der Waals surface area contributed by atoms with Gasteiger partial charge in [0, 0.05) is 36.7 Å². The summed E-state index contributed by atoms with van der Waals surface area (Å²) in [5.74, 6) is 1.59. The van der Waals surface area contributed by atoms with Crippen molar-refractivity contribution in [1.29, 1.82) is 0 Å². The van der Waals surface area contributed by atoms with Crippen molar-refractivity contribution in [2.45, 2.75) is 49.7 Å². The second-order valence-electron chi connectivity index (χ2n) is 7.53. The van der Waals surface area contributed by atoms with Crippen LogP contribution in [0.15, 0.2) is 28.2 Å². The summed E-state index contributed by atoms with van der Waals surface area (Å²) in [7, 11) is 1.72. The minimum absolute atomic E-state index is 0.284. The van der Waals surface area contributed by atoms with Gasteiger partial charge in [0.05, 0.1) is 18.7 Å². The zero-order valence-electron chi connectivity index (χ0n) is 16.1. The quantitative estimate of drug-likeness (QED) is 0.718. The van der Waals surface area contributed by atoms with Crippen LogP contribution in [0.5, 0.6) is 11.5 Å². The first-order valence-electron chi connectivity index (χ1n) is 10.0.